The van der Waals surface area contributed by atoms with E-state index in [4.69, 9.17) is 16.0 Å². The number of phenolic OH excluding ortho intramolecular Hbond substituents is 2. The first kappa shape index (κ1) is 18.8. The molecule has 3 aromatic rings. The van der Waals surface area contributed by atoms with Gasteiger partial charge in [-0.25, -0.2) is 0 Å². The number of aliphatic hydroxyl groups is 1. The molecule has 0 radical (unpaired) electrons. The molecule has 146 valence electrons. The van der Waals surface area contributed by atoms with Gasteiger partial charge in [-0.3, -0.25) is 4.79 Å². The summed E-state index contributed by atoms with van der Waals surface area (Å²) in [6, 6.07) is 9.11. The Morgan fingerprint density at radius 2 is 1.89 bits per heavy atom. The number of phenols is 2. The quantitative estimate of drug-likeness (QED) is 0.623. The van der Waals surface area contributed by atoms with Crippen molar-refractivity contribution in [3.8, 4) is 22.8 Å². The Morgan fingerprint density at radius 1 is 1.18 bits per heavy atom. The van der Waals surface area contributed by atoms with E-state index in [9.17, 15) is 20.1 Å². The van der Waals surface area contributed by atoms with E-state index in [2.05, 4.69) is 0 Å². The average Bonchev–Trinajstić information content (AvgIpc) is 3.01. The molecule has 6 nitrogen and oxygen atoms in total. The Morgan fingerprint density at radius 3 is 2.57 bits per heavy atom. The molecular weight excluding hydrogens is 382 g/mol. The second-order valence-electron chi connectivity index (χ2n) is 7.14. The van der Waals surface area contributed by atoms with Crippen LogP contribution >= 0.6 is 11.6 Å². The lowest BCUT2D eigenvalue weighted by Gasteiger charge is -2.24. The summed E-state index contributed by atoms with van der Waals surface area (Å²) < 4.78 is 6.04. The van der Waals surface area contributed by atoms with Gasteiger partial charge in [-0.1, -0.05) is 11.6 Å². The normalized spacial score (nSPS) is 20.1. The standard InChI is InChI=1S/C21H20ClNO5/c1-23-7-6-13(14(23)10-24)19-15(25)8-16(26)20-17(27)9-18(28-21(19)20)11-2-4-12(22)5-3-11/h2-5,8-9,13-14,24-26H,6-7,10H2,1H3/t13-,14+/m1/s1. The fraction of sp³-hybridized carbons (Fsp3) is 0.286. The van der Waals surface area contributed by atoms with E-state index in [1.807, 2.05) is 11.9 Å². The van der Waals surface area contributed by atoms with Gasteiger partial charge in [-0.2, -0.15) is 0 Å². The first-order valence-corrected chi connectivity index (χ1v) is 9.38. The number of benzene rings is 2. The Labute approximate surface area is 166 Å². The second-order valence-corrected chi connectivity index (χ2v) is 7.58. The van der Waals surface area contributed by atoms with E-state index < -0.39 is 5.43 Å². The molecule has 1 aliphatic rings. The number of aromatic hydroxyl groups is 2. The highest BCUT2D eigenvalue weighted by molar-refractivity contribution is 6.30. The predicted molar refractivity (Wildman–Crippen MR) is 107 cm³/mol. The third-order valence-electron chi connectivity index (χ3n) is 5.51. The first-order chi connectivity index (χ1) is 13.4. The minimum atomic E-state index is -0.406. The smallest absolute Gasteiger partial charge is 0.197 e. The number of likely N-dealkylation sites (N-methyl/N-ethyl adjacent to an activating group) is 1. The van der Waals surface area contributed by atoms with Gasteiger partial charge < -0.3 is 24.6 Å². The molecule has 2 atom stereocenters. The van der Waals surface area contributed by atoms with Crippen LogP contribution in [0.2, 0.25) is 5.02 Å². The third-order valence-corrected chi connectivity index (χ3v) is 5.76. The number of nitrogens with zero attached hydrogens (tertiary/aromatic N) is 1. The number of fused-ring (bicyclic) bond motifs is 1. The van der Waals surface area contributed by atoms with Crippen molar-refractivity contribution in [1.82, 2.24) is 4.90 Å². The van der Waals surface area contributed by atoms with Gasteiger partial charge >= 0.3 is 0 Å². The largest absolute Gasteiger partial charge is 0.507 e. The van der Waals surface area contributed by atoms with Crippen molar-refractivity contribution >= 4 is 22.6 Å². The minimum Gasteiger partial charge on any atom is -0.507 e. The van der Waals surface area contributed by atoms with Crippen LogP contribution in [0.4, 0.5) is 0 Å². The highest BCUT2D eigenvalue weighted by Crippen LogP contribution is 2.44. The van der Waals surface area contributed by atoms with Gasteiger partial charge in [0.15, 0.2) is 5.43 Å². The monoisotopic (exact) mass is 401 g/mol. The summed E-state index contributed by atoms with van der Waals surface area (Å²) in [7, 11) is 1.90. The van der Waals surface area contributed by atoms with Crippen LogP contribution in [0.15, 0.2) is 45.6 Å². The molecule has 0 bridgehead atoms. The Bertz CT molecular complexity index is 1090. The van der Waals surface area contributed by atoms with Gasteiger partial charge in [0.1, 0.15) is 28.2 Å². The summed E-state index contributed by atoms with van der Waals surface area (Å²) in [6.45, 7) is 0.642. The summed E-state index contributed by atoms with van der Waals surface area (Å²) in [6.07, 6.45) is 0.685. The van der Waals surface area contributed by atoms with Crippen molar-refractivity contribution in [2.45, 2.75) is 18.4 Å². The SMILES string of the molecule is CN1CC[C@@H](c2c(O)cc(O)c3c(=O)cc(-c4ccc(Cl)cc4)oc23)[C@@H]1CO. The predicted octanol–water partition coefficient (Wildman–Crippen LogP) is 3.30. The molecule has 7 heteroatoms. The van der Waals surface area contributed by atoms with Crippen LogP contribution in [0.1, 0.15) is 17.9 Å². The molecule has 0 saturated carbocycles. The number of halogens is 1. The molecule has 0 unspecified atom stereocenters. The van der Waals surface area contributed by atoms with Crippen molar-refractivity contribution < 1.29 is 19.7 Å². The van der Waals surface area contributed by atoms with Gasteiger partial charge in [0.25, 0.3) is 0 Å². The van der Waals surface area contributed by atoms with Crippen molar-refractivity contribution in [3.63, 3.8) is 0 Å². The molecule has 0 spiro atoms. The number of hydrogen-bond donors (Lipinski definition) is 3. The summed E-state index contributed by atoms with van der Waals surface area (Å²) in [5.41, 5.74) is 0.828. The molecule has 1 saturated heterocycles. The van der Waals surface area contributed by atoms with E-state index in [1.165, 1.54) is 12.1 Å². The lowest BCUT2D eigenvalue weighted by Crippen LogP contribution is -2.32. The van der Waals surface area contributed by atoms with Crippen LogP contribution in [0.5, 0.6) is 11.5 Å². The molecule has 28 heavy (non-hydrogen) atoms. The lowest BCUT2D eigenvalue weighted by molar-refractivity contribution is 0.172. The molecular formula is C21H20ClNO5. The molecule has 2 heterocycles. The van der Waals surface area contributed by atoms with Crippen LogP contribution in [0, 0.1) is 0 Å². The van der Waals surface area contributed by atoms with Crippen molar-refractivity contribution in [2.75, 3.05) is 20.2 Å². The van der Waals surface area contributed by atoms with Gasteiger partial charge in [0.05, 0.1) is 6.61 Å². The zero-order valence-corrected chi connectivity index (χ0v) is 16.0. The van der Waals surface area contributed by atoms with Crippen LogP contribution in [0.3, 0.4) is 0 Å². The third kappa shape index (κ3) is 3.03. The number of rotatable bonds is 3. The number of likely N-dealkylation sites (tertiary alicyclic amines) is 1. The highest BCUT2D eigenvalue weighted by atomic mass is 35.5. The van der Waals surface area contributed by atoms with Crippen molar-refractivity contribution in [2.24, 2.45) is 0 Å². The molecule has 2 aromatic carbocycles. The zero-order chi connectivity index (χ0) is 20.0. The first-order valence-electron chi connectivity index (χ1n) is 9.00. The molecule has 3 N–H and O–H groups in total. The topological polar surface area (TPSA) is 94.1 Å². The molecule has 4 rings (SSSR count). The maximum Gasteiger partial charge on any atom is 0.197 e. The van der Waals surface area contributed by atoms with Crippen molar-refractivity contribution in [1.29, 1.82) is 0 Å². The van der Waals surface area contributed by atoms with Gasteiger partial charge in [-0.15, -0.1) is 0 Å². The summed E-state index contributed by atoms with van der Waals surface area (Å²) in [4.78, 5) is 14.8. The maximum atomic E-state index is 12.8. The number of aliphatic hydroxyl groups excluding tert-OH is 1. The molecule has 0 amide bonds. The van der Waals surface area contributed by atoms with E-state index in [0.29, 0.717) is 28.3 Å². The van der Waals surface area contributed by atoms with Crippen molar-refractivity contribution in [3.05, 3.63) is 57.2 Å². The lowest BCUT2D eigenvalue weighted by atomic mass is 9.89. The molecule has 1 aliphatic heterocycles. The van der Waals surface area contributed by atoms with E-state index >= 15 is 0 Å². The second kappa shape index (κ2) is 7.13. The fourth-order valence-corrected chi connectivity index (χ4v) is 4.17. The summed E-state index contributed by atoms with van der Waals surface area (Å²) in [5, 5.41) is 31.3. The Kier molecular flexibility index (Phi) is 4.79. The minimum absolute atomic E-state index is 0.0248. The Hall–Kier alpha value is -2.54. The zero-order valence-electron chi connectivity index (χ0n) is 15.2. The van der Waals surface area contributed by atoms with Crippen LogP contribution in [-0.4, -0.2) is 46.5 Å². The summed E-state index contributed by atoms with van der Waals surface area (Å²) >= 11 is 5.94. The van der Waals surface area contributed by atoms with Gasteiger partial charge in [0.2, 0.25) is 0 Å². The summed E-state index contributed by atoms with van der Waals surface area (Å²) in [5.74, 6) is -0.409. The number of hydrogen-bond acceptors (Lipinski definition) is 6. The van der Waals surface area contributed by atoms with Crippen LogP contribution in [0.25, 0.3) is 22.3 Å². The van der Waals surface area contributed by atoms with Gasteiger partial charge in [-0.05, 0) is 44.3 Å². The van der Waals surface area contributed by atoms with Crippen LogP contribution in [-0.2, 0) is 0 Å². The Balaban J connectivity index is 1.99. The molecule has 0 aliphatic carbocycles. The average molecular weight is 402 g/mol. The van der Waals surface area contributed by atoms with E-state index in [-0.39, 0.29) is 41.0 Å². The van der Waals surface area contributed by atoms with E-state index in [0.717, 1.165) is 6.54 Å². The van der Waals surface area contributed by atoms with E-state index in [1.54, 1.807) is 24.3 Å². The highest BCUT2D eigenvalue weighted by Gasteiger charge is 2.36. The fourth-order valence-electron chi connectivity index (χ4n) is 4.05. The molecule has 1 aromatic heterocycles. The van der Waals surface area contributed by atoms with Gasteiger partial charge in [0, 0.05) is 40.2 Å². The maximum absolute atomic E-state index is 12.8. The molecule has 1 fully saturated rings. The van der Waals surface area contributed by atoms with Crippen LogP contribution < -0.4 is 5.43 Å².